The van der Waals surface area contributed by atoms with Crippen LogP contribution in [0, 0.1) is 53.3 Å². The number of piperidine rings is 1. The van der Waals surface area contributed by atoms with E-state index in [1.807, 2.05) is 58.1 Å². The molecule has 14 nitrogen and oxygen atoms in total. The van der Waals surface area contributed by atoms with Crippen molar-refractivity contribution in [3.05, 3.63) is 47.6 Å². The number of cyclic esters (lactones) is 1. The SMILES string of the molecule is CO[C@H]1C[C@@H]2CC[C@@H](C)[C@@](O)(O2)C(=O)C(=O)N2CCCC[C@H]2C(=O)O[C@H]([C@H](C)C[C@@H]2CC[C@@H](O)[C@H](CO)C2)CC(=O)[C@H](C)/C=C(\C)[C@@H](CO)[C@@H](CO)C(=O)[C@H](C)C[C@H](C)/C=C/C=CC=C1C. The molecule has 66 heavy (non-hydrogen) atoms. The average Bonchev–Trinajstić information content (AvgIpc) is 3.29. The van der Waals surface area contributed by atoms with Crippen LogP contribution < -0.4 is 0 Å². The lowest BCUT2D eigenvalue weighted by atomic mass is 9.75. The summed E-state index contributed by atoms with van der Waals surface area (Å²) >= 11 is 0. The van der Waals surface area contributed by atoms with Crippen molar-refractivity contribution in [2.75, 3.05) is 33.5 Å². The Balaban J connectivity index is 1.72. The van der Waals surface area contributed by atoms with Crippen molar-refractivity contribution in [2.24, 2.45) is 53.3 Å². The minimum absolute atomic E-state index is 0.00725. The number of hydrogen-bond donors (Lipinski definition) is 5. The van der Waals surface area contributed by atoms with Gasteiger partial charge in [0.05, 0.1) is 31.5 Å². The summed E-state index contributed by atoms with van der Waals surface area (Å²) in [6, 6.07) is -1.16. The quantitative estimate of drug-likeness (QED) is 0.119. The lowest BCUT2D eigenvalue weighted by Gasteiger charge is -2.42. The summed E-state index contributed by atoms with van der Waals surface area (Å²) in [6.07, 6.45) is 13.7. The fraction of sp³-hybridized carbons (Fsp3) is 0.750. The molecule has 4 aliphatic rings. The van der Waals surface area contributed by atoms with E-state index >= 15 is 0 Å². The monoisotopic (exact) mass is 928 g/mol. The summed E-state index contributed by atoms with van der Waals surface area (Å²) in [5.74, 6) is -9.95. The molecule has 0 aromatic rings. The van der Waals surface area contributed by atoms with Crippen LogP contribution >= 0.6 is 0 Å². The third-order valence-electron chi connectivity index (χ3n) is 15.1. The largest absolute Gasteiger partial charge is 0.460 e. The number of carbonyl (C=O) groups excluding carboxylic acids is 5. The normalized spacial score (nSPS) is 38.7. The Morgan fingerprint density at radius 3 is 2.23 bits per heavy atom. The molecule has 1 amide bonds. The zero-order chi connectivity index (χ0) is 48.9. The predicted molar refractivity (Wildman–Crippen MR) is 249 cm³/mol. The highest BCUT2D eigenvalue weighted by Gasteiger charge is 2.53. The van der Waals surface area contributed by atoms with Gasteiger partial charge in [-0.25, -0.2) is 4.79 Å². The molecule has 1 saturated carbocycles. The van der Waals surface area contributed by atoms with Crippen LogP contribution in [0.2, 0.25) is 0 Å². The molecule has 0 spiro atoms. The molecule has 4 rings (SSSR count). The zero-order valence-corrected chi connectivity index (χ0v) is 40.8. The number of carbonyl (C=O) groups is 5. The topological polar surface area (TPSA) is 217 Å². The van der Waals surface area contributed by atoms with Crippen LogP contribution in [0.25, 0.3) is 0 Å². The second-order valence-electron chi connectivity index (χ2n) is 20.2. The van der Waals surface area contributed by atoms with E-state index in [4.69, 9.17) is 14.2 Å². The van der Waals surface area contributed by atoms with Gasteiger partial charge in [0, 0.05) is 68.6 Å². The van der Waals surface area contributed by atoms with Crippen LogP contribution in [-0.4, -0.2) is 129 Å². The number of fused-ring (bicyclic) bond motifs is 3. The van der Waals surface area contributed by atoms with Crippen molar-refractivity contribution >= 4 is 29.2 Å². The molecule has 2 saturated heterocycles. The van der Waals surface area contributed by atoms with E-state index in [0.29, 0.717) is 69.8 Å². The number of esters is 1. The Morgan fingerprint density at radius 2 is 1.56 bits per heavy atom. The number of hydrogen-bond acceptors (Lipinski definition) is 13. The van der Waals surface area contributed by atoms with E-state index in [2.05, 4.69) is 0 Å². The molecule has 0 radical (unpaired) electrons. The number of aliphatic hydroxyl groups excluding tert-OH is 4. The smallest absolute Gasteiger partial charge is 0.329 e. The number of rotatable bonds is 7. The van der Waals surface area contributed by atoms with Gasteiger partial charge >= 0.3 is 5.97 Å². The zero-order valence-electron chi connectivity index (χ0n) is 40.8. The van der Waals surface area contributed by atoms with E-state index < -0.39 is 96.7 Å². The van der Waals surface area contributed by atoms with Gasteiger partial charge in [-0.3, -0.25) is 19.2 Å². The van der Waals surface area contributed by atoms with Crippen LogP contribution in [-0.2, 0) is 38.2 Å². The Hall–Kier alpha value is -3.37. The molecular formula is C52H81NO13. The maximum Gasteiger partial charge on any atom is 0.329 e. The molecule has 0 aromatic heterocycles. The van der Waals surface area contributed by atoms with Gasteiger partial charge in [-0.1, -0.05) is 76.6 Å². The molecule has 3 aliphatic heterocycles. The molecule has 3 fully saturated rings. The number of amides is 1. The highest BCUT2D eigenvalue weighted by Crippen LogP contribution is 2.38. The second kappa shape index (κ2) is 25.8. The Bertz CT molecular complexity index is 1770. The second-order valence-corrected chi connectivity index (χ2v) is 20.2. The number of Topliss-reactive ketones (excluding diaryl/α,β-unsaturated/α-hetero) is 3. The molecule has 14 heteroatoms. The highest BCUT2D eigenvalue weighted by atomic mass is 16.6. The summed E-state index contributed by atoms with van der Waals surface area (Å²) in [4.78, 5) is 72.0. The maximum atomic E-state index is 14.4. The predicted octanol–water partition coefficient (Wildman–Crippen LogP) is 5.62. The first-order valence-electron chi connectivity index (χ1n) is 24.6. The minimum atomic E-state index is -2.44. The minimum Gasteiger partial charge on any atom is -0.460 e. The van der Waals surface area contributed by atoms with Gasteiger partial charge in [-0.05, 0) is 101 Å². The van der Waals surface area contributed by atoms with Crippen molar-refractivity contribution in [1.29, 1.82) is 0 Å². The molecular weight excluding hydrogens is 847 g/mol. The van der Waals surface area contributed by atoms with E-state index in [-0.39, 0.29) is 61.2 Å². The highest BCUT2D eigenvalue weighted by molar-refractivity contribution is 6.39. The molecule has 5 N–H and O–H groups in total. The molecule has 15 atom stereocenters. The lowest BCUT2D eigenvalue weighted by molar-refractivity contribution is -0.265. The summed E-state index contributed by atoms with van der Waals surface area (Å²) in [7, 11) is 1.57. The third-order valence-corrected chi connectivity index (χ3v) is 15.1. The van der Waals surface area contributed by atoms with E-state index in [1.54, 1.807) is 34.0 Å². The Morgan fingerprint density at radius 1 is 0.848 bits per heavy atom. The van der Waals surface area contributed by atoms with Gasteiger partial charge in [0.1, 0.15) is 23.7 Å². The molecule has 3 heterocycles. The molecule has 0 unspecified atom stereocenters. The molecule has 0 aromatic carbocycles. The number of ether oxygens (including phenoxy) is 3. The number of ketones is 3. The van der Waals surface area contributed by atoms with E-state index in [1.165, 1.54) is 4.90 Å². The van der Waals surface area contributed by atoms with Gasteiger partial charge < -0.3 is 44.6 Å². The van der Waals surface area contributed by atoms with Crippen LogP contribution in [0.1, 0.15) is 126 Å². The summed E-state index contributed by atoms with van der Waals surface area (Å²) in [5, 5.41) is 53.4. The lowest BCUT2D eigenvalue weighted by Crippen LogP contribution is -2.61. The van der Waals surface area contributed by atoms with E-state index in [9.17, 15) is 49.5 Å². The fourth-order valence-electron chi connectivity index (χ4n) is 10.7. The van der Waals surface area contributed by atoms with Crippen molar-refractivity contribution in [2.45, 2.75) is 162 Å². The molecule has 1 aliphatic carbocycles. The van der Waals surface area contributed by atoms with Crippen molar-refractivity contribution in [1.82, 2.24) is 4.90 Å². The first kappa shape index (κ1) is 55.2. The fourth-order valence-corrected chi connectivity index (χ4v) is 10.7. The van der Waals surface area contributed by atoms with Gasteiger partial charge in [0.2, 0.25) is 5.79 Å². The van der Waals surface area contributed by atoms with Crippen LogP contribution in [0.4, 0.5) is 0 Å². The summed E-state index contributed by atoms with van der Waals surface area (Å²) in [5.41, 5.74) is 1.44. The summed E-state index contributed by atoms with van der Waals surface area (Å²) < 4.78 is 18.2. The van der Waals surface area contributed by atoms with Crippen molar-refractivity contribution < 1.29 is 63.7 Å². The van der Waals surface area contributed by atoms with Crippen LogP contribution in [0.3, 0.4) is 0 Å². The van der Waals surface area contributed by atoms with Crippen LogP contribution in [0.15, 0.2) is 47.6 Å². The number of allylic oxidation sites excluding steroid dienone is 6. The van der Waals surface area contributed by atoms with Gasteiger partial charge in [0.15, 0.2) is 0 Å². The van der Waals surface area contributed by atoms with Crippen LogP contribution in [0.5, 0.6) is 0 Å². The number of methoxy groups -OCH3 is 1. The van der Waals surface area contributed by atoms with Gasteiger partial charge in [0.25, 0.3) is 11.7 Å². The standard InChI is InChI=1S/C52H81NO13/c1-31-14-10-9-11-15-32(2)46(64-8)26-40-19-17-37(7)52(63,66-40)49(60)50(61)53-21-13-12-16-43(53)51(62)65-47(35(5)24-38-18-20-44(57)39(25-38)28-54)27-45(58)34(4)23-33(3)41(29-55)42(30-56)48(59)36(6)22-31/h9-11,14-15,23,31,34-44,46-47,54-57,63H,12-13,16-22,24-30H2,1-8H3/b11-9?,14-10+,32-15?,33-23+/t31-,34-,35-,36-,37-,38+,39+,40+,41-,42-,43+,44-,46+,47+,52-/m1/s1. The van der Waals surface area contributed by atoms with Crippen molar-refractivity contribution in [3.63, 3.8) is 0 Å². The average molecular weight is 928 g/mol. The number of nitrogens with zero attached hydrogens (tertiary/aromatic N) is 1. The van der Waals surface area contributed by atoms with Crippen molar-refractivity contribution in [3.8, 4) is 0 Å². The molecule has 372 valence electrons. The van der Waals surface area contributed by atoms with E-state index in [0.717, 1.165) is 5.57 Å². The van der Waals surface area contributed by atoms with Gasteiger partial charge in [-0.2, -0.15) is 0 Å². The first-order chi connectivity index (χ1) is 31.3. The Labute approximate surface area is 392 Å². The number of aliphatic hydroxyl groups is 5. The Kier molecular flexibility index (Phi) is 21.6. The van der Waals surface area contributed by atoms with Gasteiger partial charge in [-0.15, -0.1) is 0 Å². The molecule has 2 bridgehead atoms. The maximum absolute atomic E-state index is 14.4. The summed E-state index contributed by atoms with van der Waals surface area (Å²) in [6.45, 7) is 11.7. The first-order valence-corrected chi connectivity index (χ1v) is 24.6. The third kappa shape index (κ3) is 14.3.